The van der Waals surface area contributed by atoms with Gasteiger partial charge in [-0.05, 0) is 45.1 Å². The first-order chi connectivity index (χ1) is 16.2. The Morgan fingerprint density at radius 1 is 1.15 bits per heavy atom. The van der Waals surface area contributed by atoms with Gasteiger partial charge in [0, 0.05) is 13.0 Å². The van der Waals surface area contributed by atoms with Crippen LogP contribution in [0.2, 0.25) is 0 Å². The second-order valence-corrected chi connectivity index (χ2v) is 8.14. The molecule has 1 aliphatic heterocycles. The van der Waals surface area contributed by atoms with Crippen molar-refractivity contribution in [1.29, 1.82) is 0 Å². The molecule has 1 fully saturated rings. The molecular weight excluding hydrogens is 446 g/mol. The van der Waals surface area contributed by atoms with Gasteiger partial charge in [-0.15, -0.1) is 0 Å². The third-order valence-electron chi connectivity index (χ3n) is 5.49. The number of hydrogen-bond acceptors (Lipinski definition) is 9. The Labute approximate surface area is 195 Å². The minimum Gasteiger partial charge on any atom is -0.479 e. The fraction of sp³-hybridized carbons (Fsp3) is 0.455. The number of aliphatic hydroxyl groups excluding tert-OH is 2. The van der Waals surface area contributed by atoms with Gasteiger partial charge in [0.2, 0.25) is 5.95 Å². The molecule has 2 unspecified atom stereocenters. The number of oxazole rings is 1. The summed E-state index contributed by atoms with van der Waals surface area (Å²) in [7, 11) is 2.18. The Morgan fingerprint density at radius 2 is 1.76 bits per heavy atom. The van der Waals surface area contributed by atoms with Crippen LogP contribution in [0.3, 0.4) is 0 Å². The Hall–Kier alpha value is -3.48. The Morgan fingerprint density at radius 3 is 2.32 bits per heavy atom. The van der Waals surface area contributed by atoms with Gasteiger partial charge in [0.05, 0.1) is 23.8 Å². The summed E-state index contributed by atoms with van der Waals surface area (Å²) in [4.78, 5) is 30.9. The number of nitrogens with one attached hydrogen (secondary N) is 1. The fourth-order valence-electron chi connectivity index (χ4n) is 3.59. The van der Waals surface area contributed by atoms with Crippen LogP contribution in [0.5, 0.6) is 0 Å². The number of aromatic nitrogens is 3. The van der Waals surface area contributed by atoms with Crippen molar-refractivity contribution in [1.82, 2.24) is 19.4 Å². The number of aliphatic hydroxyl groups is 2. The lowest BCUT2D eigenvalue weighted by Crippen LogP contribution is -2.39. The number of benzene rings is 1. The van der Waals surface area contributed by atoms with E-state index < -0.39 is 24.1 Å². The Balaban J connectivity index is 0.000000277. The van der Waals surface area contributed by atoms with Crippen LogP contribution in [0.4, 0.5) is 5.95 Å². The number of carboxylic acid groups (broad SMARTS) is 2. The van der Waals surface area contributed by atoms with Gasteiger partial charge >= 0.3 is 11.9 Å². The van der Waals surface area contributed by atoms with Crippen LogP contribution in [0.1, 0.15) is 24.5 Å². The van der Waals surface area contributed by atoms with E-state index in [0.29, 0.717) is 18.5 Å². The van der Waals surface area contributed by atoms with Gasteiger partial charge in [0.1, 0.15) is 5.76 Å². The molecule has 0 spiro atoms. The number of para-hydroxylation sites is 2. The summed E-state index contributed by atoms with van der Waals surface area (Å²) in [5.41, 5.74) is 2.12. The molecule has 12 heteroatoms. The van der Waals surface area contributed by atoms with Gasteiger partial charge in [0.15, 0.2) is 18.1 Å². The third-order valence-corrected chi connectivity index (χ3v) is 5.49. The molecule has 0 aliphatic carbocycles. The molecule has 0 radical (unpaired) electrons. The maximum Gasteiger partial charge on any atom is 0.335 e. The summed E-state index contributed by atoms with van der Waals surface area (Å²) in [5, 5.41) is 36.2. The number of carboxylic acids is 2. The molecule has 1 saturated heterocycles. The predicted octanol–water partition coefficient (Wildman–Crippen LogP) is 0.765. The van der Waals surface area contributed by atoms with Crippen LogP contribution < -0.4 is 5.32 Å². The van der Waals surface area contributed by atoms with E-state index in [1.165, 1.54) is 0 Å². The first-order valence-corrected chi connectivity index (χ1v) is 10.8. The zero-order chi connectivity index (χ0) is 24.8. The molecule has 12 nitrogen and oxygen atoms in total. The number of hydrogen-bond donors (Lipinski definition) is 5. The lowest BCUT2D eigenvalue weighted by atomic mass is 10.1. The fourth-order valence-corrected chi connectivity index (χ4v) is 3.59. The molecule has 2 atom stereocenters. The Bertz CT molecular complexity index is 1100. The minimum atomic E-state index is -2.27. The van der Waals surface area contributed by atoms with Crippen molar-refractivity contribution in [3.8, 4) is 0 Å². The summed E-state index contributed by atoms with van der Waals surface area (Å²) < 4.78 is 7.86. The molecule has 3 aromatic rings. The van der Waals surface area contributed by atoms with Gasteiger partial charge in [-0.2, -0.15) is 0 Å². The van der Waals surface area contributed by atoms with Gasteiger partial charge in [-0.3, -0.25) is 0 Å². The SMILES string of the molecule is Cc1ncc(Cn2c(NC3CCN(C)CC3)nc3ccccc32)o1.O=C(O)C(O)C(O)C(=O)O. The van der Waals surface area contributed by atoms with E-state index in [-0.39, 0.29) is 0 Å². The topological polar surface area (TPSA) is 174 Å². The highest BCUT2D eigenvalue weighted by molar-refractivity contribution is 5.83. The van der Waals surface area contributed by atoms with Gasteiger partial charge in [0.25, 0.3) is 0 Å². The normalized spacial score (nSPS) is 16.5. The molecule has 34 heavy (non-hydrogen) atoms. The van der Waals surface area contributed by atoms with E-state index in [9.17, 15) is 9.59 Å². The highest BCUT2D eigenvalue weighted by Crippen LogP contribution is 2.23. The molecule has 0 bridgehead atoms. The van der Waals surface area contributed by atoms with Crippen LogP contribution in [-0.4, -0.2) is 90.2 Å². The number of piperidine rings is 1. The van der Waals surface area contributed by atoms with E-state index in [0.717, 1.165) is 48.7 Å². The first-order valence-electron chi connectivity index (χ1n) is 10.8. The molecule has 0 amide bonds. The van der Waals surface area contributed by atoms with Crippen molar-refractivity contribution < 1.29 is 34.4 Å². The molecular formula is C22H29N5O7. The van der Waals surface area contributed by atoms with E-state index in [1.54, 1.807) is 6.20 Å². The first kappa shape index (κ1) is 25.1. The van der Waals surface area contributed by atoms with Crippen LogP contribution in [-0.2, 0) is 16.1 Å². The van der Waals surface area contributed by atoms with Crippen LogP contribution in [0.25, 0.3) is 11.0 Å². The third kappa shape index (κ3) is 6.31. The second-order valence-electron chi connectivity index (χ2n) is 8.14. The Kier molecular flexibility index (Phi) is 8.21. The highest BCUT2D eigenvalue weighted by atomic mass is 16.4. The summed E-state index contributed by atoms with van der Waals surface area (Å²) in [6.45, 7) is 4.75. The van der Waals surface area contributed by atoms with Crippen LogP contribution >= 0.6 is 0 Å². The lowest BCUT2D eigenvalue weighted by Gasteiger charge is -2.29. The monoisotopic (exact) mass is 475 g/mol. The predicted molar refractivity (Wildman–Crippen MR) is 122 cm³/mol. The van der Waals surface area contributed by atoms with E-state index in [4.69, 9.17) is 29.8 Å². The number of aryl methyl sites for hydroxylation is 1. The van der Waals surface area contributed by atoms with Gasteiger partial charge in [-0.25, -0.2) is 19.6 Å². The average Bonchev–Trinajstić information content (AvgIpc) is 3.37. The van der Waals surface area contributed by atoms with Crippen molar-refractivity contribution >= 4 is 28.9 Å². The number of rotatable bonds is 7. The minimum absolute atomic E-state index is 0.466. The van der Waals surface area contributed by atoms with Crippen molar-refractivity contribution in [2.24, 2.45) is 0 Å². The highest BCUT2D eigenvalue weighted by Gasteiger charge is 2.29. The number of carbonyl (C=O) groups is 2. The number of fused-ring (bicyclic) bond motifs is 1. The van der Waals surface area contributed by atoms with Crippen molar-refractivity contribution in [2.45, 2.75) is 44.6 Å². The number of likely N-dealkylation sites (tertiary alicyclic amines) is 1. The van der Waals surface area contributed by atoms with E-state index >= 15 is 0 Å². The molecule has 184 valence electrons. The van der Waals surface area contributed by atoms with E-state index in [2.05, 4.69) is 38.9 Å². The van der Waals surface area contributed by atoms with Crippen molar-refractivity contribution in [3.63, 3.8) is 0 Å². The summed E-state index contributed by atoms with van der Waals surface area (Å²) in [6, 6.07) is 8.69. The molecule has 0 saturated carbocycles. The number of aliphatic carboxylic acids is 2. The second kappa shape index (κ2) is 11.1. The van der Waals surface area contributed by atoms with Gasteiger partial charge in [-0.1, -0.05) is 12.1 Å². The van der Waals surface area contributed by atoms with Crippen molar-refractivity contribution in [3.05, 3.63) is 42.1 Å². The molecule has 3 heterocycles. The number of anilines is 1. The van der Waals surface area contributed by atoms with Crippen LogP contribution in [0, 0.1) is 6.92 Å². The average molecular weight is 476 g/mol. The zero-order valence-electron chi connectivity index (χ0n) is 19.0. The molecule has 2 aromatic heterocycles. The molecule has 1 aromatic carbocycles. The quantitative estimate of drug-likeness (QED) is 0.326. The van der Waals surface area contributed by atoms with Crippen molar-refractivity contribution in [2.75, 3.05) is 25.5 Å². The standard InChI is InChI=1S/C18H23N5O.C4H6O6/c1-13-19-11-15(24-13)12-23-17-6-4-3-5-16(17)21-18(23)20-14-7-9-22(2)10-8-14;5-1(3(7)8)2(6)4(9)10/h3-6,11,14H,7-10,12H2,1-2H3,(H,20,21);1-2,5-6H,(H,7,8)(H,9,10). The largest absolute Gasteiger partial charge is 0.479 e. The molecule has 5 N–H and O–H groups in total. The summed E-state index contributed by atoms with van der Waals surface area (Å²) >= 11 is 0. The van der Waals surface area contributed by atoms with Gasteiger partial charge < -0.3 is 39.6 Å². The number of imidazole rings is 1. The van der Waals surface area contributed by atoms with Crippen LogP contribution in [0.15, 0.2) is 34.9 Å². The lowest BCUT2D eigenvalue weighted by molar-refractivity contribution is -0.165. The maximum atomic E-state index is 9.77. The zero-order valence-corrected chi connectivity index (χ0v) is 19.0. The smallest absolute Gasteiger partial charge is 0.335 e. The van der Waals surface area contributed by atoms with E-state index in [1.807, 2.05) is 19.1 Å². The summed E-state index contributed by atoms with van der Waals surface area (Å²) in [5.74, 6) is -1.08. The number of nitrogens with zero attached hydrogens (tertiary/aromatic N) is 4. The summed E-state index contributed by atoms with van der Waals surface area (Å²) in [6.07, 6.45) is -0.457. The molecule has 4 rings (SSSR count). The molecule has 1 aliphatic rings. The maximum absolute atomic E-state index is 9.77.